The lowest BCUT2D eigenvalue weighted by atomic mass is 10.1. The van der Waals surface area contributed by atoms with Crippen molar-refractivity contribution in [3.63, 3.8) is 0 Å². The Balaban J connectivity index is 2.02. The molecule has 1 atom stereocenters. The molecule has 0 aromatic heterocycles. The van der Waals surface area contributed by atoms with E-state index in [2.05, 4.69) is 12.2 Å². The largest absolute Gasteiger partial charge is 0.493 e. The van der Waals surface area contributed by atoms with Crippen LogP contribution in [0, 0.1) is 5.92 Å². The molecule has 0 saturated carbocycles. The van der Waals surface area contributed by atoms with Gasteiger partial charge in [0.15, 0.2) is 0 Å². The molecule has 4 nitrogen and oxygen atoms in total. The van der Waals surface area contributed by atoms with E-state index >= 15 is 0 Å². The lowest BCUT2D eigenvalue weighted by Gasteiger charge is -2.09. The van der Waals surface area contributed by atoms with Crippen molar-refractivity contribution in [1.29, 1.82) is 0 Å². The average molecular weight is 264 g/mol. The van der Waals surface area contributed by atoms with Gasteiger partial charge in [0.05, 0.1) is 13.0 Å². The van der Waals surface area contributed by atoms with Crippen LogP contribution in [0.25, 0.3) is 0 Å². The molecule has 106 valence electrons. The lowest BCUT2D eigenvalue weighted by Crippen LogP contribution is -2.26. The van der Waals surface area contributed by atoms with Crippen LogP contribution in [0.1, 0.15) is 26.2 Å². The third-order valence-electron chi connectivity index (χ3n) is 2.94. The van der Waals surface area contributed by atoms with Crippen LogP contribution in [0.2, 0.25) is 0 Å². The highest BCUT2D eigenvalue weighted by molar-refractivity contribution is 5.75. The Hall–Kier alpha value is -1.55. The van der Waals surface area contributed by atoms with Crippen LogP contribution in [-0.4, -0.2) is 25.6 Å². The maximum Gasteiger partial charge on any atom is 0.223 e. The predicted octanol–water partition coefficient (Wildman–Crippen LogP) is 1.95. The fourth-order valence-corrected chi connectivity index (χ4v) is 1.66. The van der Waals surface area contributed by atoms with E-state index in [9.17, 15) is 4.79 Å². The Morgan fingerprint density at radius 3 is 2.79 bits per heavy atom. The summed E-state index contributed by atoms with van der Waals surface area (Å²) in [5.74, 6) is 1.36. The number of benzene rings is 1. The molecule has 1 unspecified atom stereocenters. The zero-order valence-electron chi connectivity index (χ0n) is 11.6. The van der Waals surface area contributed by atoms with Gasteiger partial charge in [-0.25, -0.2) is 0 Å². The van der Waals surface area contributed by atoms with Crippen LogP contribution in [0.4, 0.5) is 0 Å². The van der Waals surface area contributed by atoms with Crippen LogP contribution >= 0.6 is 0 Å². The van der Waals surface area contributed by atoms with E-state index < -0.39 is 0 Å². The highest BCUT2D eigenvalue weighted by Crippen LogP contribution is 2.08. The van der Waals surface area contributed by atoms with Gasteiger partial charge >= 0.3 is 0 Å². The second-order valence-corrected chi connectivity index (χ2v) is 4.74. The van der Waals surface area contributed by atoms with Gasteiger partial charge in [-0.1, -0.05) is 25.1 Å². The van der Waals surface area contributed by atoms with Crippen LogP contribution in [0.3, 0.4) is 0 Å². The third-order valence-corrected chi connectivity index (χ3v) is 2.94. The minimum absolute atomic E-state index is 0.0383. The summed E-state index contributed by atoms with van der Waals surface area (Å²) in [7, 11) is 0. The van der Waals surface area contributed by atoms with Gasteiger partial charge in [-0.3, -0.25) is 4.79 Å². The average Bonchev–Trinajstić information content (AvgIpc) is 2.44. The fourth-order valence-electron chi connectivity index (χ4n) is 1.66. The maximum atomic E-state index is 11.5. The molecule has 0 fully saturated rings. The van der Waals surface area contributed by atoms with E-state index in [0.717, 1.165) is 18.6 Å². The van der Waals surface area contributed by atoms with Gasteiger partial charge in [0.1, 0.15) is 5.75 Å². The zero-order chi connectivity index (χ0) is 13.9. The van der Waals surface area contributed by atoms with E-state index in [0.29, 0.717) is 32.0 Å². The highest BCUT2D eigenvalue weighted by atomic mass is 16.5. The zero-order valence-corrected chi connectivity index (χ0v) is 11.6. The first-order valence-corrected chi connectivity index (χ1v) is 6.87. The van der Waals surface area contributed by atoms with Crippen molar-refractivity contribution >= 4 is 5.91 Å². The number of amides is 1. The Morgan fingerprint density at radius 2 is 2.11 bits per heavy atom. The summed E-state index contributed by atoms with van der Waals surface area (Å²) in [5.41, 5.74) is 5.53. The Kier molecular flexibility index (Phi) is 7.66. The van der Waals surface area contributed by atoms with Crippen molar-refractivity contribution in [3.8, 4) is 5.75 Å². The number of para-hydroxylation sites is 1. The molecule has 1 amide bonds. The number of ether oxygens (including phenoxy) is 1. The summed E-state index contributed by atoms with van der Waals surface area (Å²) in [5, 5.41) is 2.89. The van der Waals surface area contributed by atoms with Crippen molar-refractivity contribution in [1.82, 2.24) is 5.32 Å². The molecular weight excluding hydrogens is 240 g/mol. The Morgan fingerprint density at radius 1 is 1.37 bits per heavy atom. The van der Waals surface area contributed by atoms with E-state index in [1.54, 1.807) is 0 Å². The molecule has 1 aromatic rings. The Labute approximate surface area is 115 Å². The first kappa shape index (κ1) is 15.5. The number of nitrogens with two attached hydrogens (primary N) is 1. The van der Waals surface area contributed by atoms with Crippen LogP contribution in [0.15, 0.2) is 30.3 Å². The summed E-state index contributed by atoms with van der Waals surface area (Å²) >= 11 is 0. The number of hydrogen-bond acceptors (Lipinski definition) is 3. The van der Waals surface area contributed by atoms with Gasteiger partial charge < -0.3 is 15.8 Å². The molecule has 3 N–H and O–H groups in total. The van der Waals surface area contributed by atoms with E-state index in [1.165, 1.54) is 0 Å². The van der Waals surface area contributed by atoms with Gasteiger partial charge in [0.2, 0.25) is 5.91 Å². The number of carbonyl (C=O) groups excluding carboxylic acids is 1. The summed E-state index contributed by atoms with van der Waals surface area (Å²) in [6.45, 7) is 3.96. The van der Waals surface area contributed by atoms with Crippen molar-refractivity contribution < 1.29 is 9.53 Å². The standard InChI is InChI=1S/C15H24N2O2/c1-13(12-16)6-5-10-17-15(18)9-11-19-14-7-3-2-4-8-14/h2-4,7-8,13H,5-6,9-12,16H2,1H3,(H,17,18). The molecule has 0 heterocycles. The Bertz CT molecular complexity index is 354. The topological polar surface area (TPSA) is 64.3 Å². The molecule has 0 aliphatic rings. The number of hydrogen-bond donors (Lipinski definition) is 2. The first-order chi connectivity index (χ1) is 9.22. The molecular formula is C15H24N2O2. The molecule has 0 saturated heterocycles. The fraction of sp³-hybridized carbons (Fsp3) is 0.533. The molecule has 0 radical (unpaired) electrons. The normalized spacial score (nSPS) is 11.9. The molecule has 0 bridgehead atoms. The van der Waals surface area contributed by atoms with Crippen molar-refractivity contribution in [2.45, 2.75) is 26.2 Å². The monoisotopic (exact) mass is 264 g/mol. The molecule has 1 aromatic carbocycles. The van der Waals surface area contributed by atoms with E-state index in [1.807, 2.05) is 30.3 Å². The van der Waals surface area contributed by atoms with Gasteiger partial charge in [-0.2, -0.15) is 0 Å². The van der Waals surface area contributed by atoms with E-state index in [4.69, 9.17) is 10.5 Å². The van der Waals surface area contributed by atoms with Gasteiger partial charge in [0.25, 0.3) is 0 Å². The summed E-state index contributed by atoms with van der Waals surface area (Å²) in [6, 6.07) is 9.52. The second-order valence-electron chi connectivity index (χ2n) is 4.74. The lowest BCUT2D eigenvalue weighted by molar-refractivity contribution is -0.121. The van der Waals surface area contributed by atoms with Gasteiger partial charge in [-0.05, 0) is 37.4 Å². The maximum absolute atomic E-state index is 11.5. The van der Waals surface area contributed by atoms with E-state index in [-0.39, 0.29) is 5.91 Å². The van der Waals surface area contributed by atoms with Crippen LogP contribution in [-0.2, 0) is 4.79 Å². The van der Waals surface area contributed by atoms with Gasteiger partial charge in [0, 0.05) is 6.54 Å². The molecule has 1 rings (SSSR count). The summed E-state index contributed by atoms with van der Waals surface area (Å²) < 4.78 is 5.46. The smallest absolute Gasteiger partial charge is 0.223 e. The summed E-state index contributed by atoms with van der Waals surface area (Å²) in [6.07, 6.45) is 2.42. The summed E-state index contributed by atoms with van der Waals surface area (Å²) in [4.78, 5) is 11.5. The van der Waals surface area contributed by atoms with Crippen molar-refractivity contribution in [2.75, 3.05) is 19.7 Å². The minimum Gasteiger partial charge on any atom is -0.493 e. The molecule has 0 aliphatic carbocycles. The van der Waals surface area contributed by atoms with Gasteiger partial charge in [-0.15, -0.1) is 0 Å². The van der Waals surface area contributed by atoms with Crippen molar-refractivity contribution in [2.24, 2.45) is 11.7 Å². The van der Waals surface area contributed by atoms with Crippen LogP contribution in [0.5, 0.6) is 5.75 Å². The quantitative estimate of drug-likeness (QED) is 0.670. The minimum atomic E-state index is 0.0383. The highest BCUT2D eigenvalue weighted by Gasteiger charge is 2.02. The predicted molar refractivity (Wildman–Crippen MR) is 77.0 cm³/mol. The van der Waals surface area contributed by atoms with Crippen LogP contribution < -0.4 is 15.8 Å². The second kappa shape index (κ2) is 9.39. The first-order valence-electron chi connectivity index (χ1n) is 6.87. The number of rotatable bonds is 9. The third kappa shape index (κ3) is 7.47. The molecule has 0 spiro atoms. The number of carbonyl (C=O) groups is 1. The van der Waals surface area contributed by atoms with Crippen molar-refractivity contribution in [3.05, 3.63) is 30.3 Å². The molecule has 4 heteroatoms. The molecule has 19 heavy (non-hydrogen) atoms. The molecule has 0 aliphatic heterocycles. The SMILES string of the molecule is CC(CN)CCCNC(=O)CCOc1ccccc1. The number of nitrogens with one attached hydrogen (secondary N) is 1.